The summed E-state index contributed by atoms with van der Waals surface area (Å²) in [6.07, 6.45) is 0.444. The van der Waals surface area contributed by atoms with Gasteiger partial charge in [0.2, 0.25) is 5.91 Å². The topological polar surface area (TPSA) is 67.9 Å². The summed E-state index contributed by atoms with van der Waals surface area (Å²) >= 11 is 0. The van der Waals surface area contributed by atoms with Gasteiger partial charge in [-0.3, -0.25) is 9.59 Å². The van der Waals surface area contributed by atoms with Crippen LogP contribution in [0, 0.1) is 11.7 Å². The van der Waals surface area contributed by atoms with Crippen molar-refractivity contribution in [3.8, 4) is 11.5 Å². The first-order valence-electron chi connectivity index (χ1n) is 10.4. The van der Waals surface area contributed by atoms with Gasteiger partial charge in [0.15, 0.2) is 6.61 Å². The first-order valence-corrected chi connectivity index (χ1v) is 10.4. The molecule has 0 radical (unpaired) electrons. The normalized spacial score (nSPS) is 11.7. The molecule has 1 atom stereocenters. The predicted molar refractivity (Wildman–Crippen MR) is 117 cm³/mol. The molecule has 7 heteroatoms. The second-order valence-corrected chi connectivity index (χ2v) is 7.68. The Hall–Kier alpha value is -3.09. The van der Waals surface area contributed by atoms with Gasteiger partial charge in [-0.15, -0.1) is 0 Å². The van der Waals surface area contributed by atoms with Crippen molar-refractivity contribution in [1.29, 1.82) is 0 Å². The van der Waals surface area contributed by atoms with E-state index in [1.165, 1.54) is 17.0 Å². The maximum atomic E-state index is 13.3. The molecule has 1 N–H and O–H groups in total. The molecule has 31 heavy (non-hydrogen) atoms. The van der Waals surface area contributed by atoms with Crippen LogP contribution in [0.5, 0.6) is 11.5 Å². The fourth-order valence-electron chi connectivity index (χ4n) is 3.03. The molecule has 0 aliphatic carbocycles. The van der Waals surface area contributed by atoms with E-state index >= 15 is 0 Å². The molecule has 6 nitrogen and oxygen atoms in total. The Morgan fingerprint density at radius 1 is 1.03 bits per heavy atom. The van der Waals surface area contributed by atoms with Gasteiger partial charge in [-0.1, -0.05) is 32.9 Å². The highest BCUT2D eigenvalue weighted by Gasteiger charge is 2.29. The SMILES string of the molecule is CC[C@H](C(=O)NCC(C)C)N(Cc1ccc(F)cc1)C(=O)COc1ccc(OC)cc1. The molecular weight excluding hydrogens is 399 g/mol. The van der Waals surface area contributed by atoms with Crippen LogP contribution in [0.1, 0.15) is 32.8 Å². The Labute approximate surface area is 183 Å². The van der Waals surface area contributed by atoms with Crippen LogP contribution in [-0.4, -0.2) is 43.0 Å². The van der Waals surface area contributed by atoms with Gasteiger partial charge >= 0.3 is 0 Å². The summed E-state index contributed by atoms with van der Waals surface area (Å²) in [6, 6.07) is 12.1. The molecule has 0 saturated heterocycles. The van der Waals surface area contributed by atoms with Gasteiger partial charge in [-0.25, -0.2) is 4.39 Å². The number of hydrogen-bond donors (Lipinski definition) is 1. The Morgan fingerprint density at radius 2 is 1.65 bits per heavy atom. The quantitative estimate of drug-likeness (QED) is 0.589. The van der Waals surface area contributed by atoms with Crippen molar-refractivity contribution in [2.45, 2.75) is 39.8 Å². The number of nitrogens with zero attached hydrogens (tertiary/aromatic N) is 1. The highest BCUT2D eigenvalue weighted by atomic mass is 19.1. The van der Waals surface area contributed by atoms with Gasteiger partial charge in [0.1, 0.15) is 23.4 Å². The number of ether oxygens (including phenoxy) is 2. The van der Waals surface area contributed by atoms with E-state index in [0.29, 0.717) is 30.4 Å². The summed E-state index contributed by atoms with van der Waals surface area (Å²) in [5.41, 5.74) is 0.731. The summed E-state index contributed by atoms with van der Waals surface area (Å²) in [7, 11) is 1.57. The molecule has 0 fully saturated rings. The first kappa shape index (κ1) is 24.2. The van der Waals surface area contributed by atoms with Crippen LogP contribution in [0.3, 0.4) is 0 Å². The second-order valence-electron chi connectivity index (χ2n) is 7.68. The van der Waals surface area contributed by atoms with Crippen LogP contribution in [0.4, 0.5) is 4.39 Å². The van der Waals surface area contributed by atoms with Crippen LogP contribution < -0.4 is 14.8 Å². The third-order valence-electron chi connectivity index (χ3n) is 4.76. The molecule has 0 aliphatic rings. The zero-order valence-electron chi connectivity index (χ0n) is 18.6. The van der Waals surface area contributed by atoms with Crippen LogP contribution in [0.25, 0.3) is 0 Å². The number of benzene rings is 2. The molecule has 0 bridgehead atoms. The second kappa shape index (κ2) is 11.9. The minimum Gasteiger partial charge on any atom is -0.497 e. The molecule has 168 valence electrons. The summed E-state index contributed by atoms with van der Waals surface area (Å²) in [6.45, 7) is 6.35. The van der Waals surface area contributed by atoms with Gasteiger partial charge < -0.3 is 19.7 Å². The van der Waals surface area contributed by atoms with Gasteiger partial charge in [-0.2, -0.15) is 0 Å². The van der Waals surface area contributed by atoms with Crippen LogP contribution in [-0.2, 0) is 16.1 Å². The van der Waals surface area contributed by atoms with Crippen LogP contribution in [0.2, 0.25) is 0 Å². The Bertz CT molecular complexity index is 838. The number of carbonyl (C=O) groups excluding carboxylic acids is 2. The summed E-state index contributed by atoms with van der Waals surface area (Å²) in [4.78, 5) is 27.4. The number of amides is 2. The molecule has 2 amide bonds. The fourth-order valence-corrected chi connectivity index (χ4v) is 3.03. The van der Waals surface area contributed by atoms with E-state index in [-0.39, 0.29) is 30.8 Å². The van der Waals surface area contributed by atoms with E-state index in [4.69, 9.17) is 9.47 Å². The number of carbonyl (C=O) groups is 2. The zero-order chi connectivity index (χ0) is 22.8. The Balaban J connectivity index is 2.16. The zero-order valence-corrected chi connectivity index (χ0v) is 18.6. The smallest absolute Gasteiger partial charge is 0.261 e. The Morgan fingerprint density at radius 3 is 2.19 bits per heavy atom. The van der Waals surface area contributed by atoms with Crippen molar-refractivity contribution in [2.75, 3.05) is 20.3 Å². The number of halogens is 1. The summed E-state index contributed by atoms with van der Waals surface area (Å²) in [5, 5.41) is 2.90. The van der Waals surface area contributed by atoms with Gasteiger partial charge in [0.25, 0.3) is 5.91 Å². The lowest BCUT2D eigenvalue weighted by Crippen LogP contribution is -2.50. The minimum absolute atomic E-state index is 0.179. The van der Waals surface area contributed by atoms with Crippen molar-refractivity contribution < 1.29 is 23.5 Å². The van der Waals surface area contributed by atoms with E-state index in [0.717, 1.165) is 5.56 Å². The van der Waals surface area contributed by atoms with E-state index < -0.39 is 6.04 Å². The third-order valence-corrected chi connectivity index (χ3v) is 4.76. The molecule has 0 spiro atoms. The summed E-state index contributed by atoms with van der Waals surface area (Å²) in [5.74, 6) is 0.604. The largest absolute Gasteiger partial charge is 0.497 e. The number of nitrogens with one attached hydrogen (secondary N) is 1. The maximum Gasteiger partial charge on any atom is 0.261 e. The van der Waals surface area contributed by atoms with Crippen molar-refractivity contribution in [2.24, 2.45) is 5.92 Å². The molecule has 2 aromatic rings. The van der Waals surface area contributed by atoms with Crippen LogP contribution in [0.15, 0.2) is 48.5 Å². The Kier molecular flexibility index (Phi) is 9.31. The average Bonchev–Trinajstić information content (AvgIpc) is 2.77. The molecule has 0 saturated carbocycles. The van der Waals surface area contributed by atoms with E-state index in [9.17, 15) is 14.0 Å². The van der Waals surface area contributed by atoms with Gasteiger partial charge in [0, 0.05) is 13.1 Å². The standard InChI is InChI=1S/C24H31FN2O4/c1-5-22(24(29)26-14-17(2)3)27(15-18-6-8-19(25)9-7-18)23(28)16-31-21-12-10-20(30-4)11-13-21/h6-13,17,22H,5,14-16H2,1-4H3,(H,26,29)/t22-/m1/s1. The molecule has 0 aliphatic heterocycles. The maximum absolute atomic E-state index is 13.3. The first-order chi connectivity index (χ1) is 14.8. The predicted octanol–water partition coefficient (Wildman–Crippen LogP) is 3.79. The lowest BCUT2D eigenvalue weighted by atomic mass is 10.1. The molecule has 0 aromatic heterocycles. The highest BCUT2D eigenvalue weighted by molar-refractivity contribution is 5.88. The third kappa shape index (κ3) is 7.59. The molecular formula is C24H31FN2O4. The summed E-state index contributed by atoms with van der Waals surface area (Å²) < 4.78 is 24.1. The van der Waals surface area contributed by atoms with E-state index in [1.54, 1.807) is 43.5 Å². The lowest BCUT2D eigenvalue weighted by molar-refractivity contribution is -0.143. The van der Waals surface area contributed by atoms with Crippen molar-refractivity contribution in [1.82, 2.24) is 10.2 Å². The lowest BCUT2D eigenvalue weighted by Gasteiger charge is -2.30. The highest BCUT2D eigenvalue weighted by Crippen LogP contribution is 2.18. The van der Waals surface area contributed by atoms with E-state index in [1.807, 2.05) is 20.8 Å². The van der Waals surface area contributed by atoms with Gasteiger partial charge in [0.05, 0.1) is 7.11 Å². The minimum atomic E-state index is -0.657. The molecule has 0 heterocycles. The van der Waals surface area contributed by atoms with Crippen LogP contribution >= 0.6 is 0 Å². The van der Waals surface area contributed by atoms with E-state index in [2.05, 4.69) is 5.32 Å². The fraction of sp³-hybridized carbons (Fsp3) is 0.417. The van der Waals surface area contributed by atoms with Crippen molar-refractivity contribution in [3.63, 3.8) is 0 Å². The van der Waals surface area contributed by atoms with Crippen molar-refractivity contribution in [3.05, 3.63) is 59.9 Å². The number of hydrogen-bond acceptors (Lipinski definition) is 4. The molecule has 0 unspecified atom stereocenters. The van der Waals surface area contributed by atoms with Crippen molar-refractivity contribution >= 4 is 11.8 Å². The number of methoxy groups -OCH3 is 1. The van der Waals surface area contributed by atoms with Gasteiger partial charge in [-0.05, 0) is 54.3 Å². The molecule has 2 rings (SSSR count). The average molecular weight is 431 g/mol. The monoisotopic (exact) mass is 430 g/mol. The number of rotatable bonds is 11. The molecule has 2 aromatic carbocycles.